The topological polar surface area (TPSA) is 61.9 Å². The van der Waals surface area contributed by atoms with Crippen LogP contribution in [0.15, 0.2) is 18.2 Å². The standard InChI is InChI=1S/C18H24ClN3O3/c1-25-16-5-4-14(19)12-15(16)20-7-6-17(23)21-8-10-22(11-9-21)18(24)13-2-3-13/h4-5,12-13,20H,2-3,6-11H2,1H3. The smallest absolute Gasteiger partial charge is 0.225 e. The van der Waals surface area contributed by atoms with Crippen molar-refractivity contribution in [2.45, 2.75) is 19.3 Å². The number of rotatable bonds is 6. The van der Waals surface area contributed by atoms with Gasteiger partial charge in [0.1, 0.15) is 5.75 Å². The number of amides is 2. The molecule has 0 aromatic heterocycles. The summed E-state index contributed by atoms with van der Waals surface area (Å²) in [4.78, 5) is 28.1. The zero-order valence-electron chi connectivity index (χ0n) is 14.5. The van der Waals surface area contributed by atoms with Crippen molar-refractivity contribution < 1.29 is 14.3 Å². The first-order chi connectivity index (χ1) is 12.1. The number of carbonyl (C=O) groups excluding carboxylic acids is 2. The largest absolute Gasteiger partial charge is 0.495 e. The lowest BCUT2D eigenvalue weighted by Gasteiger charge is -2.35. The number of piperazine rings is 1. The first-order valence-corrected chi connectivity index (χ1v) is 9.10. The number of halogens is 1. The van der Waals surface area contributed by atoms with E-state index in [0.29, 0.717) is 49.9 Å². The minimum Gasteiger partial charge on any atom is -0.495 e. The van der Waals surface area contributed by atoms with Crippen LogP contribution in [0.2, 0.25) is 5.02 Å². The van der Waals surface area contributed by atoms with E-state index in [1.807, 2.05) is 9.80 Å². The van der Waals surface area contributed by atoms with Crippen molar-refractivity contribution in [1.82, 2.24) is 9.80 Å². The fraction of sp³-hybridized carbons (Fsp3) is 0.556. The lowest BCUT2D eigenvalue weighted by molar-refractivity contribution is -0.140. The fourth-order valence-corrected chi connectivity index (χ4v) is 3.22. The minimum atomic E-state index is 0.104. The third kappa shape index (κ3) is 4.57. The summed E-state index contributed by atoms with van der Waals surface area (Å²) in [6.45, 7) is 3.06. The SMILES string of the molecule is COc1ccc(Cl)cc1NCCC(=O)N1CCN(C(=O)C2CC2)CC1. The van der Waals surface area contributed by atoms with Gasteiger partial charge in [-0.2, -0.15) is 0 Å². The Morgan fingerprint density at radius 2 is 1.88 bits per heavy atom. The van der Waals surface area contributed by atoms with Crippen LogP contribution in [0.4, 0.5) is 5.69 Å². The Bertz CT molecular complexity index is 640. The van der Waals surface area contributed by atoms with Gasteiger partial charge in [-0.1, -0.05) is 11.6 Å². The van der Waals surface area contributed by atoms with Crippen molar-refractivity contribution in [3.8, 4) is 5.75 Å². The van der Waals surface area contributed by atoms with Gasteiger partial charge in [-0.25, -0.2) is 0 Å². The molecular weight excluding hydrogens is 342 g/mol. The maximum atomic E-state index is 12.4. The number of anilines is 1. The number of benzene rings is 1. The van der Waals surface area contributed by atoms with Gasteiger partial charge in [-0.15, -0.1) is 0 Å². The lowest BCUT2D eigenvalue weighted by Crippen LogP contribution is -2.51. The average Bonchev–Trinajstić information content (AvgIpc) is 3.46. The van der Waals surface area contributed by atoms with E-state index in [2.05, 4.69) is 5.32 Å². The van der Waals surface area contributed by atoms with Crippen LogP contribution in [0.1, 0.15) is 19.3 Å². The van der Waals surface area contributed by atoms with Gasteiger partial charge in [-0.05, 0) is 31.0 Å². The second-order valence-electron chi connectivity index (χ2n) is 6.50. The summed E-state index contributed by atoms with van der Waals surface area (Å²) < 4.78 is 5.28. The zero-order chi connectivity index (χ0) is 17.8. The molecule has 0 bridgehead atoms. The monoisotopic (exact) mass is 365 g/mol. The molecule has 1 aromatic carbocycles. The highest BCUT2D eigenvalue weighted by Gasteiger charge is 2.35. The second-order valence-corrected chi connectivity index (χ2v) is 6.94. The molecule has 136 valence electrons. The molecule has 1 aliphatic heterocycles. The predicted molar refractivity (Wildman–Crippen MR) is 97.0 cm³/mol. The Labute approximate surface area is 153 Å². The molecule has 0 atom stereocenters. The van der Waals surface area contributed by atoms with Crippen molar-refractivity contribution in [1.29, 1.82) is 0 Å². The Balaban J connectivity index is 1.42. The number of nitrogens with zero attached hydrogens (tertiary/aromatic N) is 2. The molecule has 2 amide bonds. The molecule has 0 spiro atoms. The summed E-state index contributed by atoms with van der Waals surface area (Å²) in [5, 5.41) is 3.82. The highest BCUT2D eigenvalue weighted by molar-refractivity contribution is 6.30. The van der Waals surface area contributed by atoms with Gasteiger partial charge in [0.25, 0.3) is 0 Å². The fourth-order valence-electron chi connectivity index (χ4n) is 3.05. The summed E-state index contributed by atoms with van der Waals surface area (Å²) in [6.07, 6.45) is 2.44. The van der Waals surface area contributed by atoms with Crippen LogP contribution in [0.3, 0.4) is 0 Å². The van der Waals surface area contributed by atoms with Gasteiger partial charge in [0.2, 0.25) is 11.8 Å². The normalized spacial score (nSPS) is 17.4. The Hall–Kier alpha value is -1.95. The van der Waals surface area contributed by atoms with Crippen LogP contribution < -0.4 is 10.1 Å². The van der Waals surface area contributed by atoms with Crippen LogP contribution in [0.5, 0.6) is 5.75 Å². The molecule has 1 N–H and O–H groups in total. The molecule has 2 fully saturated rings. The third-order valence-electron chi connectivity index (χ3n) is 4.69. The second kappa shape index (κ2) is 7.95. The number of nitrogens with one attached hydrogen (secondary N) is 1. The number of hydrogen-bond donors (Lipinski definition) is 1. The molecule has 2 aliphatic rings. The van der Waals surface area contributed by atoms with Crippen LogP contribution in [-0.2, 0) is 9.59 Å². The highest BCUT2D eigenvalue weighted by atomic mass is 35.5. The van der Waals surface area contributed by atoms with Gasteiger partial charge < -0.3 is 19.9 Å². The Kier molecular flexibility index (Phi) is 5.68. The van der Waals surface area contributed by atoms with E-state index in [1.54, 1.807) is 25.3 Å². The van der Waals surface area contributed by atoms with Gasteiger partial charge in [0.05, 0.1) is 12.8 Å². The summed E-state index contributed by atoms with van der Waals surface area (Å²) in [5.41, 5.74) is 0.780. The minimum absolute atomic E-state index is 0.104. The van der Waals surface area contributed by atoms with E-state index >= 15 is 0 Å². The molecule has 6 nitrogen and oxygen atoms in total. The van der Waals surface area contributed by atoms with Gasteiger partial charge >= 0.3 is 0 Å². The molecular formula is C18H24ClN3O3. The molecule has 0 radical (unpaired) electrons. The molecule has 25 heavy (non-hydrogen) atoms. The quantitative estimate of drug-likeness (QED) is 0.839. The van der Waals surface area contributed by atoms with Gasteiger partial charge in [0, 0.05) is 50.1 Å². The molecule has 1 saturated carbocycles. The summed E-state index contributed by atoms with van der Waals surface area (Å²) in [6, 6.07) is 5.34. The van der Waals surface area contributed by atoms with Crippen molar-refractivity contribution in [2.24, 2.45) is 5.92 Å². The van der Waals surface area contributed by atoms with Crippen LogP contribution >= 0.6 is 11.6 Å². The van der Waals surface area contributed by atoms with E-state index in [1.165, 1.54) is 0 Å². The van der Waals surface area contributed by atoms with Crippen LogP contribution in [0.25, 0.3) is 0 Å². The van der Waals surface area contributed by atoms with Gasteiger partial charge in [-0.3, -0.25) is 9.59 Å². The maximum Gasteiger partial charge on any atom is 0.225 e. The van der Waals surface area contributed by atoms with Gasteiger partial charge in [0.15, 0.2) is 0 Å². The van der Waals surface area contributed by atoms with E-state index < -0.39 is 0 Å². The lowest BCUT2D eigenvalue weighted by atomic mass is 10.2. The van der Waals surface area contributed by atoms with Crippen molar-refractivity contribution in [3.63, 3.8) is 0 Å². The Morgan fingerprint density at radius 3 is 2.52 bits per heavy atom. The summed E-state index contributed by atoms with van der Waals surface area (Å²) in [5.74, 6) is 1.32. The maximum absolute atomic E-state index is 12.4. The number of ether oxygens (including phenoxy) is 1. The number of hydrogen-bond acceptors (Lipinski definition) is 4. The summed E-state index contributed by atoms with van der Waals surface area (Å²) in [7, 11) is 1.60. The Morgan fingerprint density at radius 1 is 1.20 bits per heavy atom. The van der Waals surface area contributed by atoms with E-state index in [-0.39, 0.29) is 17.7 Å². The average molecular weight is 366 g/mol. The third-order valence-corrected chi connectivity index (χ3v) is 4.92. The van der Waals surface area contributed by atoms with Crippen LogP contribution in [-0.4, -0.2) is 61.4 Å². The van der Waals surface area contributed by atoms with Crippen LogP contribution in [0, 0.1) is 5.92 Å². The van der Waals surface area contributed by atoms with Crippen molar-refractivity contribution in [2.75, 3.05) is 45.2 Å². The first-order valence-electron chi connectivity index (χ1n) is 8.72. The van der Waals surface area contributed by atoms with Crippen molar-refractivity contribution >= 4 is 29.1 Å². The zero-order valence-corrected chi connectivity index (χ0v) is 15.2. The molecule has 7 heteroatoms. The molecule has 3 rings (SSSR count). The predicted octanol–water partition coefficient (Wildman–Crippen LogP) is 2.23. The van der Waals surface area contributed by atoms with Crippen molar-refractivity contribution in [3.05, 3.63) is 23.2 Å². The molecule has 1 aromatic rings. The van der Waals surface area contributed by atoms with E-state index in [4.69, 9.17) is 16.3 Å². The first kappa shape index (κ1) is 17.9. The number of methoxy groups -OCH3 is 1. The molecule has 1 aliphatic carbocycles. The molecule has 1 heterocycles. The molecule has 0 unspecified atom stereocenters. The highest BCUT2D eigenvalue weighted by Crippen LogP contribution is 2.31. The number of carbonyl (C=O) groups is 2. The van der Waals surface area contributed by atoms with E-state index in [9.17, 15) is 9.59 Å². The summed E-state index contributed by atoms with van der Waals surface area (Å²) >= 11 is 6.00. The molecule has 1 saturated heterocycles. The van der Waals surface area contributed by atoms with E-state index in [0.717, 1.165) is 18.5 Å².